The highest BCUT2D eigenvalue weighted by atomic mass is 16.5. The summed E-state index contributed by atoms with van der Waals surface area (Å²) in [6.07, 6.45) is -0.946. The second-order valence-electron chi connectivity index (χ2n) is 6.03. The van der Waals surface area contributed by atoms with Gasteiger partial charge in [0.1, 0.15) is 11.3 Å². The quantitative estimate of drug-likeness (QED) is 0.658. The second-order valence-corrected chi connectivity index (χ2v) is 6.03. The Morgan fingerprint density at radius 3 is 2.44 bits per heavy atom. The van der Waals surface area contributed by atoms with E-state index in [4.69, 9.17) is 9.47 Å². The molecule has 1 N–H and O–H groups in total. The summed E-state index contributed by atoms with van der Waals surface area (Å²) in [6, 6.07) is 20.3. The van der Waals surface area contributed by atoms with Crippen LogP contribution in [-0.2, 0) is 9.53 Å². The lowest BCUT2D eigenvalue weighted by Crippen LogP contribution is -2.30. The lowest BCUT2D eigenvalue weighted by Gasteiger charge is -2.15. The molecule has 0 aliphatic carbocycles. The lowest BCUT2D eigenvalue weighted by molar-refractivity contribution is -0.123. The van der Waals surface area contributed by atoms with Crippen LogP contribution in [0.4, 0.5) is 5.69 Å². The van der Waals surface area contributed by atoms with Gasteiger partial charge >= 0.3 is 5.97 Å². The fourth-order valence-electron chi connectivity index (χ4n) is 2.71. The van der Waals surface area contributed by atoms with Crippen molar-refractivity contribution in [2.24, 2.45) is 0 Å². The first-order valence-electron chi connectivity index (χ1n) is 8.81. The van der Waals surface area contributed by atoms with Gasteiger partial charge in [0.05, 0.1) is 6.61 Å². The molecule has 0 aromatic heterocycles. The number of anilines is 1. The van der Waals surface area contributed by atoms with Crippen molar-refractivity contribution in [1.82, 2.24) is 0 Å². The fourth-order valence-corrected chi connectivity index (χ4v) is 2.71. The van der Waals surface area contributed by atoms with E-state index in [1.807, 2.05) is 49.4 Å². The number of ether oxygens (including phenoxy) is 2. The van der Waals surface area contributed by atoms with E-state index in [2.05, 4.69) is 5.32 Å². The topological polar surface area (TPSA) is 64.6 Å². The van der Waals surface area contributed by atoms with Gasteiger partial charge in [-0.2, -0.15) is 0 Å². The van der Waals surface area contributed by atoms with Crippen LogP contribution in [0.1, 0.15) is 24.2 Å². The largest absolute Gasteiger partial charge is 0.493 e. The molecule has 0 aliphatic heterocycles. The Labute approximate surface area is 157 Å². The number of amides is 1. The molecule has 3 aromatic rings. The van der Waals surface area contributed by atoms with Gasteiger partial charge in [0, 0.05) is 5.69 Å². The van der Waals surface area contributed by atoms with Crippen molar-refractivity contribution in [3.05, 3.63) is 72.3 Å². The van der Waals surface area contributed by atoms with Crippen LogP contribution in [0.3, 0.4) is 0 Å². The van der Waals surface area contributed by atoms with Gasteiger partial charge in [0.2, 0.25) is 0 Å². The third-order valence-electron chi connectivity index (χ3n) is 4.08. The van der Waals surface area contributed by atoms with Gasteiger partial charge in [0.15, 0.2) is 6.10 Å². The average Bonchev–Trinajstić information content (AvgIpc) is 2.68. The third-order valence-corrected chi connectivity index (χ3v) is 4.08. The maximum atomic E-state index is 12.4. The van der Waals surface area contributed by atoms with Gasteiger partial charge in [-0.05, 0) is 48.9 Å². The predicted molar refractivity (Wildman–Crippen MR) is 105 cm³/mol. The normalized spacial score (nSPS) is 11.6. The number of para-hydroxylation sites is 1. The standard InChI is InChI=1S/C22H21NO4/c1-3-26-20-11-7-6-10-19(20)22(25)27-15(2)21(24)23-18-13-12-16-8-4-5-9-17(16)14-18/h4-15H,3H2,1-2H3,(H,23,24)/t15-/m0/s1. The first kappa shape index (κ1) is 18.5. The zero-order valence-corrected chi connectivity index (χ0v) is 15.3. The number of benzene rings is 3. The molecule has 27 heavy (non-hydrogen) atoms. The monoisotopic (exact) mass is 363 g/mol. The minimum absolute atomic E-state index is 0.296. The number of hydrogen-bond donors (Lipinski definition) is 1. The summed E-state index contributed by atoms with van der Waals surface area (Å²) in [5, 5.41) is 4.89. The molecule has 1 amide bonds. The van der Waals surface area contributed by atoms with Crippen molar-refractivity contribution in [2.45, 2.75) is 20.0 Å². The fraction of sp³-hybridized carbons (Fsp3) is 0.182. The molecule has 3 aromatic carbocycles. The summed E-state index contributed by atoms with van der Waals surface area (Å²) in [5.74, 6) is -0.556. The van der Waals surface area contributed by atoms with Gasteiger partial charge < -0.3 is 14.8 Å². The summed E-state index contributed by atoms with van der Waals surface area (Å²) in [4.78, 5) is 24.8. The molecule has 5 nitrogen and oxygen atoms in total. The number of nitrogens with one attached hydrogen (secondary N) is 1. The second kappa shape index (κ2) is 8.36. The Hall–Kier alpha value is -3.34. The summed E-state index contributed by atoms with van der Waals surface area (Å²) in [6.45, 7) is 3.81. The van der Waals surface area contributed by atoms with Gasteiger partial charge in [0.25, 0.3) is 5.91 Å². The Morgan fingerprint density at radius 2 is 1.67 bits per heavy atom. The number of hydrogen-bond acceptors (Lipinski definition) is 4. The molecule has 0 heterocycles. The first-order valence-corrected chi connectivity index (χ1v) is 8.81. The van der Waals surface area contributed by atoms with Crippen molar-refractivity contribution < 1.29 is 19.1 Å². The molecular weight excluding hydrogens is 342 g/mol. The predicted octanol–water partition coefficient (Wildman–Crippen LogP) is 4.42. The summed E-state index contributed by atoms with van der Waals surface area (Å²) < 4.78 is 10.7. The van der Waals surface area contributed by atoms with Crippen molar-refractivity contribution in [2.75, 3.05) is 11.9 Å². The molecule has 3 rings (SSSR count). The number of carbonyl (C=O) groups excluding carboxylic acids is 2. The molecule has 0 fully saturated rings. The molecular formula is C22H21NO4. The third kappa shape index (κ3) is 4.44. The van der Waals surface area contributed by atoms with E-state index in [1.165, 1.54) is 6.92 Å². The Bertz CT molecular complexity index is 967. The molecule has 5 heteroatoms. The van der Waals surface area contributed by atoms with Crippen LogP contribution >= 0.6 is 0 Å². The van der Waals surface area contributed by atoms with Gasteiger partial charge in [-0.1, -0.05) is 42.5 Å². The van der Waals surface area contributed by atoms with Crippen LogP contribution in [0.25, 0.3) is 10.8 Å². The van der Waals surface area contributed by atoms with E-state index in [1.54, 1.807) is 24.3 Å². The van der Waals surface area contributed by atoms with E-state index < -0.39 is 18.0 Å². The van der Waals surface area contributed by atoms with Crippen molar-refractivity contribution in [3.63, 3.8) is 0 Å². The highest BCUT2D eigenvalue weighted by Crippen LogP contribution is 2.21. The minimum Gasteiger partial charge on any atom is -0.493 e. The van der Waals surface area contributed by atoms with Crippen molar-refractivity contribution in [1.29, 1.82) is 0 Å². The lowest BCUT2D eigenvalue weighted by atomic mass is 10.1. The van der Waals surface area contributed by atoms with Crippen LogP contribution in [0.5, 0.6) is 5.75 Å². The van der Waals surface area contributed by atoms with Crippen molar-refractivity contribution >= 4 is 28.3 Å². The van der Waals surface area contributed by atoms with Crippen LogP contribution in [0, 0.1) is 0 Å². The zero-order valence-electron chi connectivity index (χ0n) is 15.3. The maximum Gasteiger partial charge on any atom is 0.342 e. The van der Waals surface area contributed by atoms with E-state index in [0.717, 1.165) is 10.8 Å². The van der Waals surface area contributed by atoms with Crippen LogP contribution < -0.4 is 10.1 Å². The number of esters is 1. The number of rotatable bonds is 6. The molecule has 0 aliphatic rings. The van der Waals surface area contributed by atoms with E-state index in [-0.39, 0.29) is 0 Å². The van der Waals surface area contributed by atoms with E-state index in [0.29, 0.717) is 23.6 Å². The Morgan fingerprint density at radius 1 is 0.963 bits per heavy atom. The van der Waals surface area contributed by atoms with E-state index >= 15 is 0 Å². The molecule has 0 radical (unpaired) electrons. The maximum absolute atomic E-state index is 12.4. The van der Waals surface area contributed by atoms with Gasteiger partial charge in [-0.3, -0.25) is 4.79 Å². The first-order chi connectivity index (χ1) is 13.1. The molecule has 0 saturated heterocycles. The van der Waals surface area contributed by atoms with Crippen LogP contribution in [0.2, 0.25) is 0 Å². The highest BCUT2D eigenvalue weighted by molar-refractivity contribution is 5.99. The average molecular weight is 363 g/mol. The molecule has 138 valence electrons. The molecule has 0 unspecified atom stereocenters. The van der Waals surface area contributed by atoms with Crippen LogP contribution in [-0.4, -0.2) is 24.6 Å². The Kier molecular flexibility index (Phi) is 5.71. The molecule has 0 spiro atoms. The number of fused-ring (bicyclic) bond motifs is 1. The smallest absolute Gasteiger partial charge is 0.342 e. The summed E-state index contributed by atoms with van der Waals surface area (Å²) >= 11 is 0. The SMILES string of the molecule is CCOc1ccccc1C(=O)O[C@@H](C)C(=O)Nc1ccc2ccccc2c1. The zero-order chi connectivity index (χ0) is 19.2. The van der Waals surface area contributed by atoms with Crippen molar-refractivity contribution in [3.8, 4) is 5.75 Å². The molecule has 0 saturated carbocycles. The molecule has 1 atom stereocenters. The van der Waals surface area contributed by atoms with Gasteiger partial charge in [-0.25, -0.2) is 4.79 Å². The van der Waals surface area contributed by atoms with Gasteiger partial charge in [-0.15, -0.1) is 0 Å². The summed E-state index contributed by atoms with van der Waals surface area (Å²) in [7, 11) is 0. The Balaban J connectivity index is 1.67. The van der Waals surface area contributed by atoms with E-state index in [9.17, 15) is 9.59 Å². The number of carbonyl (C=O) groups is 2. The van der Waals surface area contributed by atoms with Crippen LogP contribution in [0.15, 0.2) is 66.7 Å². The minimum atomic E-state index is -0.946. The molecule has 0 bridgehead atoms. The summed E-state index contributed by atoms with van der Waals surface area (Å²) in [5.41, 5.74) is 0.945. The highest BCUT2D eigenvalue weighted by Gasteiger charge is 2.21.